The normalized spacial score (nSPS) is 11.2. The number of aromatic nitrogens is 1. The molecule has 8 heteroatoms. The number of carbonyl (C=O) groups is 1. The summed E-state index contributed by atoms with van der Waals surface area (Å²) in [6, 6.07) is 10.8. The van der Waals surface area contributed by atoms with Gasteiger partial charge < -0.3 is 16.0 Å². The number of nitrogens with zero attached hydrogens (tertiary/aromatic N) is 2. The Balaban J connectivity index is 1.75. The predicted octanol–water partition coefficient (Wildman–Crippen LogP) is 3.39. The number of anilines is 1. The highest BCUT2D eigenvalue weighted by molar-refractivity contribution is 6.35. The fourth-order valence-electron chi connectivity index (χ4n) is 2.18. The zero-order valence-electron chi connectivity index (χ0n) is 14.6. The molecule has 0 saturated heterocycles. The third-order valence-electron chi connectivity index (χ3n) is 3.49. The van der Waals surface area contributed by atoms with Gasteiger partial charge in [0, 0.05) is 42.3 Å². The summed E-state index contributed by atoms with van der Waals surface area (Å²) in [6.07, 6.45) is 0.290. The van der Waals surface area contributed by atoms with Crippen LogP contribution >= 0.6 is 23.2 Å². The molecule has 0 aliphatic rings. The molecule has 3 N–H and O–H groups in total. The van der Waals surface area contributed by atoms with Crippen LogP contribution in [0.4, 0.5) is 5.82 Å². The summed E-state index contributed by atoms with van der Waals surface area (Å²) < 4.78 is 0. The van der Waals surface area contributed by atoms with Crippen molar-refractivity contribution < 1.29 is 4.79 Å². The van der Waals surface area contributed by atoms with Crippen LogP contribution in [0.1, 0.15) is 17.7 Å². The molecule has 0 fully saturated rings. The number of aryl methyl sites for hydroxylation is 1. The van der Waals surface area contributed by atoms with Gasteiger partial charge >= 0.3 is 0 Å². The van der Waals surface area contributed by atoms with Crippen molar-refractivity contribution in [3.05, 3.63) is 57.7 Å². The molecule has 6 nitrogen and oxygen atoms in total. The maximum atomic E-state index is 12.0. The SMILES string of the molecule is CN=C(NCCC(=O)Nc1cccc(C)n1)NCc1ccc(Cl)cc1Cl. The Morgan fingerprint density at radius 3 is 2.69 bits per heavy atom. The van der Waals surface area contributed by atoms with Crippen molar-refractivity contribution in [1.82, 2.24) is 15.6 Å². The lowest BCUT2D eigenvalue weighted by molar-refractivity contribution is -0.116. The van der Waals surface area contributed by atoms with E-state index in [1.807, 2.05) is 25.1 Å². The Morgan fingerprint density at radius 2 is 2.00 bits per heavy atom. The van der Waals surface area contributed by atoms with Crippen LogP contribution in [0.5, 0.6) is 0 Å². The average Bonchev–Trinajstić information content (AvgIpc) is 2.59. The lowest BCUT2D eigenvalue weighted by atomic mass is 10.2. The maximum absolute atomic E-state index is 12.0. The van der Waals surface area contributed by atoms with Crippen molar-refractivity contribution in [2.75, 3.05) is 18.9 Å². The van der Waals surface area contributed by atoms with E-state index in [9.17, 15) is 4.79 Å². The van der Waals surface area contributed by atoms with E-state index in [1.54, 1.807) is 25.2 Å². The standard InChI is InChI=1S/C18H21Cl2N5O/c1-12-4-3-5-16(24-12)25-17(26)8-9-22-18(21-2)23-11-13-6-7-14(19)10-15(13)20/h3-7,10H,8-9,11H2,1-2H3,(H2,21,22,23)(H,24,25,26). The Bertz CT molecular complexity index is 795. The van der Waals surface area contributed by atoms with Crippen LogP contribution in [-0.2, 0) is 11.3 Å². The van der Waals surface area contributed by atoms with Crippen LogP contribution < -0.4 is 16.0 Å². The molecule has 0 spiro atoms. The van der Waals surface area contributed by atoms with Crippen molar-refractivity contribution in [3.63, 3.8) is 0 Å². The van der Waals surface area contributed by atoms with E-state index >= 15 is 0 Å². The number of aliphatic imine (C=N–C) groups is 1. The Morgan fingerprint density at radius 1 is 1.19 bits per heavy atom. The summed E-state index contributed by atoms with van der Waals surface area (Å²) in [7, 11) is 1.66. The van der Waals surface area contributed by atoms with E-state index in [4.69, 9.17) is 23.2 Å². The molecular formula is C18H21Cl2N5O. The minimum atomic E-state index is -0.119. The van der Waals surface area contributed by atoms with Crippen LogP contribution in [0.2, 0.25) is 10.0 Å². The summed E-state index contributed by atoms with van der Waals surface area (Å²) in [6.45, 7) is 2.81. The molecule has 1 aromatic heterocycles. The van der Waals surface area contributed by atoms with Gasteiger partial charge in [-0.1, -0.05) is 35.3 Å². The maximum Gasteiger partial charge on any atom is 0.227 e. The molecule has 0 unspecified atom stereocenters. The highest BCUT2D eigenvalue weighted by atomic mass is 35.5. The van der Waals surface area contributed by atoms with Gasteiger partial charge in [0.25, 0.3) is 0 Å². The second kappa shape index (κ2) is 9.99. The van der Waals surface area contributed by atoms with E-state index < -0.39 is 0 Å². The van der Waals surface area contributed by atoms with Gasteiger partial charge in [0.2, 0.25) is 5.91 Å². The van der Waals surface area contributed by atoms with Gasteiger partial charge in [-0.15, -0.1) is 0 Å². The highest BCUT2D eigenvalue weighted by Crippen LogP contribution is 2.20. The van der Waals surface area contributed by atoms with Gasteiger partial charge in [0.05, 0.1) is 0 Å². The van der Waals surface area contributed by atoms with Crippen LogP contribution in [-0.4, -0.2) is 30.4 Å². The molecular weight excluding hydrogens is 373 g/mol. The molecule has 1 heterocycles. The minimum Gasteiger partial charge on any atom is -0.356 e. The van der Waals surface area contributed by atoms with E-state index in [-0.39, 0.29) is 12.3 Å². The van der Waals surface area contributed by atoms with Crippen LogP contribution in [0.25, 0.3) is 0 Å². The molecule has 2 rings (SSSR count). The first-order valence-corrected chi connectivity index (χ1v) is 8.85. The largest absolute Gasteiger partial charge is 0.356 e. The second-order valence-electron chi connectivity index (χ2n) is 5.55. The van der Waals surface area contributed by atoms with Gasteiger partial charge in [-0.3, -0.25) is 9.79 Å². The zero-order chi connectivity index (χ0) is 18.9. The van der Waals surface area contributed by atoms with Crippen molar-refractivity contribution >= 4 is 40.9 Å². The molecule has 1 aromatic carbocycles. The number of halogens is 2. The van der Waals surface area contributed by atoms with E-state index in [2.05, 4.69) is 25.9 Å². The molecule has 0 aliphatic heterocycles. The van der Waals surface area contributed by atoms with Crippen molar-refractivity contribution in [3.8, 4) is 0 Å². The summed E-state index contributed by atoms with van der Waals surface area (Å²) in [4.78, 5) is 20.3. The zero-order valence-corrected chi connectivity index (χ0v) is 16.2. The van der Waals surface area contributed by atoms with Gasteiger partial charge in [-0.25, -0.2) is 4.98 Å². The van der Waals surface area contributed by atoms with Gasteiger partial charge in [0.15, 0.2) is 5.96 Å². The molecule has 138 valence electrons. The first-order valence-electron chi connectivity index (χ1n) is 8.10. The summed E-state index contributed by atoms with van der Waals surface area (Å²) >= 11 is 12.0. The smallest absolute Gasteiger partial charge is 0.227 e. The van der Waals surface area contributed by atoms with E-state index in [1.165, 1.54) is 0 Å². The van der Waals surface area contributed by atoms with Crippen molar-refractivity contribution in [2.45, 2.75) is 19.9 Å². The Hall–Kier alpha value is -2.31. The number of carbonyl (C=O) groups excluding carboxylic acids is 1. The molecule has 0 radical (unpaired) electrons. The lowest BCUT2D eigenvalue weighted by Crippen LogP contribution is -2.38. The number of hydrogen-bond acceptors (Lipinski definition) is 3. The molecule has 0 atom stereocenters. The van der Waals surface area contributed by atoms with Gasteiger partial charge in [-0.2, -0.15) is 0 Å². The molecule has 0 saturated carbocycles. The third-order valence-corrected chi connectivity index (χ3v) is 4.07. The van der Waals surface area contributed by atoms with E-state index in [0.29, 0.717) is 34.9 Å². The first kappa shape index (κ1) is 20.0. The fraction of sp³-hybridized carbons (Fsp3) is 0.278. The number of benzene rings is 1. The molecule has 1 amide bonds. The Labute approximate surface area is 163 Å². The fourth-order valence-corrected chi connectivity index (χ4v) is 2.65. The topological polar surface area (TPSA) is 78.4 Å². The number of guanidine groups is 1. The molecule has 0 bridgehead atoms. The average molecular weight is 394 g/mol. The quantitative estimate of drug-likeness (QED) is 0.519. The number of rotatable bonds is 6. The monoisotopic (exact) mass is 393 g/mol. The highest BCUT2D eigenvalue weighted by Gasteiger charge is 2.06. The van der Waals surface area contributed by atoms with Crippen LogP contribution in [0.15, 0.2) is 41.4 Å². The number of pyridine rings is 1. The van der Waals surface area contributed by atoms with E-state index in [0.717, 1.165) is 11.3 Å². The van der Waals surface area contributed by atoms with Crippen LogP contribution in [0, 0.1) is 6.92 Å². The number of nitrogens with one attached hydrogen (secondary N) is 3. The number of amides is 1. The van der Waals surface area contributed by atoms with Gasteiger partial charge in [-0.05, 0) is 36.8 Å². The van der Waals surface area contributed by atoms with Crippen LogP contribution in [0.3, 0.4) is 0 Å². The van der Waals surface area contributed by atoms with Crippen molar-refractivity contribution in [1.29, 1.82) is 0 Å². The predicted molar refractivity (Wildman–Crippen MR) is 107 cm³/mol. The lowest BCUT2D eigenvalue weighted by Gasteiger charge is -2.13. The summed E-state index contributed by atoms with van der Waals surface area (Å²) in [5.74, 6) is 1.01. The molecule has 2 aromatic rings. The van der Waals surface area contributed by atoms with Crippen molar-refractivity contribution in [2.24, 2.45) is 4.99 Å². The first-order chi connectivity index (χ1) is 12.5. The minimum absolute atomic E-state index is 0.119. The number of hydrogen-bond donors (Lipinski definition) is 3. The molecule has 0 aliphatic carbocycles. The van der Waals surface area contributed by atoms with Gasteiger partial charge in [0.1, 0.15) is 5.82 Å². The summed E-state index contributed by atoms with van der Waals surface area (Å²) in [5, 5.41) is 10.2. The second-order valence-corrected chi connectivity index (χ2v) is 6.39. The Kier molecular flexibility index (Phi) is 7.69. The third kappa shape index (κ3) is 6.54. The molecule has 26 heavy (non-hydrogen) atoms. The summed E-state index contributed by atoms with van der Waals surface area (Å²) in [5.41, 5.74) is 1.76.